The summed E-state index contributed by atoms with van der Waals surface area (Å²) < 4.78 is 5.28. The van der Waals surface area contributed by atoms with Gasteiger partial charge in [0.1, 0.15) is 12.2 Å². The topological polar surface area (TPSA) is 32.8 Å². The van der Waals surface area contributed by atoms with Gasteiger partial charge in [0.2, 0.25) is 0 Å². The van der Waals surface area contributed by atoms with Crippen molar-refractivity contribution in [2.24, 2.45) is 0 Å². The zero-order valence-corrected chi connectivity index (χ0v) is 7.03. The van der Waals surface area contributed by atoms with E-state index in [2.05, 4.69) is 19.1 Å². The van der Waals surface area contributed by atoms with Crippen LogP contribution in [0.5, 0.6) is 0 Å². The van der Waals surface area contributed by atoms with Crippen LogP contribution in [0.1, 0.15) is 17.2 Å². The molecule has 1 aliphatic rings. The highest BCUT2D eigenvalue weighted by molar-refractivity contribution is 5.30. The van der Waals surface area contributed by atoms with E-state index in [0.29, 0.717) is 0 Å². The minimum absolute atomic E-state index is 0.0334. The van der Waals surface area contributed by atoms with Gasteiger partial charge in [0.25, 0.3) is 0 Å². The third kappa shape index (κ3) is 1.24. The van der Waals surface area contributed by atoms with E-state index in [1.165, 1.54) is 11.1 Å². The fourth-order valence-electron chi connectivity index (χ4n) is 1.46. The highest BCUT2D eigenvalue weighted by Gasteiger charge is 2.39. The maximum atomic E-state index is 8.80. The van der Waals surface area contributed by atoms with Crippen LogP contribution in [0.25, 0.3) is 0 Å². The zero-order chi connectivity index (χ0) is 8.55. The summed E-state index contributed by atoms with van der Waals surface area (Å²) in [5, 5.41) is 8.80. The molecular weight excluding hydrogens is 152 g/mol. The van der Waals surface area contributed by atoms with Crippen LogP contribution in [-0.2, 0) is 4.74 Å². The summed E-state index contributed by atoms with van der Waals surface area (Å²) in [5.41, 5.74) is 2.44. The Bertz CT molecular complexity index is 283. The van der Waals surface area contributed by atoms with E-state index in [4.69, 9.17) is 9.84 Å². The minimum Gasteiger partial charge on any atom is -0.394 e. The predicted molar refractivity (Wildman–Crippen MR) is 45.9 cm³/mol. The van der Waals surface area contributed by atoms with Crippen LogP contribution in [0.2, 0.25) is 0 Å². The van der Waals surface area contributed by atoms with E-state index in [0.717, 1.165) is 0 Å². The third-order valence-electron chi connectivity index (χ3n) is 2.26. The lowest BCUT2D eigenvalue weighted by Crippen LogP contribution is -1.95. The van der Waals surface area contributed by atoms with E-state index < -0.39 is 0 Å². The first-order valence-electron chi connectivity index (χ1n) is 4.15. The monoisotopic (exact) mass is 164 g/mol. The summed E-state index contributed by atoms with van der Waals surface area (Å²) in [6, 6.07) is 8.12. The van der Waals surface area contributed by atoms with Crippen molar-refractivity contribution in [3.8, 4) is 0 Å². The maximum Gasteiger partial charge on any atom is 0.112 e. The average Bonchev–Trinajstić information content (AvgIpc) is 2.84. The molecule has 0 saturated carbocycles. The number of aryl methyl sites for hydroxylation is 1. The molecule has 1 aromatic rings. The second kappa shape index (κ2) is 2.88. The van der Waals surface area contributed by atoms with Gasteiger partial charge in [-0.25, -0.2) is 0 Å². The molecule has 0 bridgehead atoms. The summed E-state index contributed by atoms with van der Waals surface area (Å²) in [5.74, 6) is 0. The lowest BCUT2D eigenvalue weighted by Gasteiger charge is -1.99. The van der Waals surface area contributed by atoms with Crippen molar-refractivity contribution in [3.63, 3.8) is 0 Å². The van der Waals surface area contributed by atoms with Crippen LogP contribution in [-0.4, -0.2) is 17.8 Å². The molecule has 12 heavy (non-hydrogen) atoms. The summed E-state index contributed by atoms with van der Waals surface area (Å²) in [6.45, 7) is 2.18. The number of aliphatic hydroxyl groups is 1. The van der Waals surface area contributed by atoms with E-state index in [1.54, 1.807) is 0 Å². The maximum absolute atomic E-state index is 8.80. The van der Waals surface area contributed by atoms with Gasteiger partial charge in [0, 0.05) is 0 Å². The molecule has 1 fully saturated rings. The number of hydrogen-bond donors (Lipinski definition) is 1. The molecule has 0 amide bonds. The van der Waals surface area contributed by atoms with Crippen molar-refractivity contribution in [1.29, 1.82) is 0 Å². The molecule has 0 unspecified atom stereocenters. The molecule has 2 atom stereocenters. The lowest BCUT2D eigenvalue weighted by atomic mass is 10.0. The minimum atomic E-state index is 0.0334. The van der Waals surface area contributed by atoms with Gasteiger partial charge in [-0.2, -0.15) is 0 Å². The summed E-state index contributed by atoms with van der Waals surface area (Å²) in [6.07, 6.45) is 0.169. The SMILES string of the molecule is Cc1ccccc1[C@H]1O[C@H]1CO. The van der Waals surface area contributed by atoms with Gasteiger partial charge in [0.05, 0.1) is 6.61 Å². The first kappa shape index (κ1) is 7.77. The Labute approximate surface area is 71.8 Å². The summed E-state index contributed by atoms with van der Waals surface area (Å²) >= 11 is 0. The first-order valence-corrected chi connectivity index (χ1v) is 4.15. The van der Waals surface area contributed by atoms with E-state index in [9.17, 15) is 0 Å². The van der Waals surface area contributed by atoms with Gasteiger partial charge in [-0.3, -0.25) is 0 Å². The van der Waals surface area contributed by atoms with Gasteiger partial charge >= 0.3 is 0 Å². The fourth-order valence-corrected chi connectivity index (χ4v) is 1.46. The molecule has 2 heteroatoms. The molecule has 0 aromatic heterocycles. The van der Waals surface area contributed by atoms with E-state index in [1.807, 2.05) is 12.1 Å². The summed E-state index contributed by atoms with van der Waals surface area (Å²) in [7, 11) is 0. The van der Waals surface area contributed by atoms with E-state index in [-0.39, 0.29) is 18.8 Å². The van der Waals surface area contributed by atoms with Crippen molar-refractivity contribution in [2.75, 3.05) is 6.61 Å². The number of rotatable bonds is 2. The number of epoxide rings is 1. The Hall–Kier alpha value is -0.860. The molecule has 0 spiro atoms. The Morgan fingerprint density at radius 1 is 1.42 bits per heavy atom. The van der Waals surface area contributed by atoms with Gasteiger partial charge in [0.15, 0.2) is 0 Å². The molecule has 1 aromatic carbocycles. The van der Waals surface area contributed by atoms with Crippen molar-refractivity contribution in [2.45, 2.75) is 19.1 Å². The van der Waals surface area contributed by atoms with Crippen molar-refractivity contribution >= 4 is 0 Å². The van der Waals surface area contributed by atoms with E-state index >= 15 is 0 Å². The van der Waals surface area contributed by atoms with Gasteiger partial charge in [-0.05, 0) is 18.1 Å². The second-order valence-electron chi connectivity index (χ2n) is 3.13. The Morgan fingerprint density at radius 3 is 2.75 bits per heavy atom. The molecule has 64 valence electrons. The van der Waals surface area contributed by atoms with Gasteiger partial charge in [-0.15, -0.1) is 0 Å². The number of benzene rings is 1. The van der Waals surface area contributed by atoms with Gasteiger partial charge in [-0.1, -0.05) is 24.3 Å². The first-order chi connectivity index (χ1) is 5.83. The Balaban J connectivity index is 2.19. The third-order valence-corrected chi connectivity index (χ3v) is 2.26. The largest absolute Gasteiger partial charge is 0.394 e. The van der Waals surface area contributed by atoms with Gasteiger partial charge < -0.3 is 9.84 Å². The van der Waals surface area contributed by atoms with Crippen molar-refractivity contribution in [1.82, 2.24) is 0 Å². The Morgan fingerprint density at radius 2 is 2.17 bits per heavy atom. The second-order valence-corrected chi connectivity index (χ2v) is 3.13. The molecule has 1 saturated heterocycles. The molecule has 0 aliphatic carbocycles. The van der Waals surface area contributed by atoms with Crippen molar-refractivity contribution in [3.05, 3.63) is 35.4 Å². The predicted octanol–water partition coefficient (Wildman–Crippen LogP) is 1.43. The zero-order valence-electron chi connectivity index (χ0n) is 7.03. The molecule has 2 nitrogen and oxygen atoms in total. The lowest BCUT2D eigenvalue weighted by molar-refractivity contribution is 0.242. The van der Waals surface area contributed by atoms with Crippen LogP contribution >= 0.6 is 0 Å². The average molecular weight is 164 g/mol. The number of aliphatic hydroxyl groups excluding tert-OH is 1. The highest BCUT2D eigenvalue weighted by Crippen LogP contribution is 2.39. The fraction of sp³-hybridized carbons (Fsp3) is 0.400. The standard InChI is InChI=1S/C10H12O2/c1-7-4-2-3-5-8(7)10-9(6-11)12-10/h2-5,9-11H,6H2,1H3/t9-,10+/m0/s1. The number of ether oxygens (including phenoxy) is 1. The van der Waals surface area contributed by atoms with Crippen molar-refractivity contribution < 1.29 is 9.84 Å². The van der Waals surface area contributed by atoms with Crippen LogP contribution in [0.15, 0.2) is 24.3 Å². The molecular formula is C10H12O2. The van der Waals surface area contributed by atoms with Crippen LogP contribution in [0.3, 0.4) is 0 Å². The molecule has 0 radical (unpaired) electrons. The quantitative estimate of drug-likeness (QED) is 0.671. The summed E-state index contributed by atoms with van der Waals surface area (Å²) in [4.78, 5) is 0. The molecule has 2 rings (SSSR count). The van der Waals surface area contributed by atoms with Crippen LogP contribution in [0.4, 0.5) is 0 Å². The smallest absolute Gasteiger partial charge is 0.112 e. The van der Waals surface area contributed by atoms with Crippen LogP contribution < -0.4 is 0 Å². The Kier molecular flexibility index (Phi) is 1.87. The van der Waals surface area contributed by atoms with Crippen LogP contribution in [0, 0.1) is 6.92 Å². The normalized spacial score (nSPS) is 27.2. The molecule has 1 heterocycles. The number of hydrogen-bond acceptors (Lipinski definition) is 2. The molecule has 1 aliphatic heterocycles. The molecule has 1 N–H and O–H groups in total. The highest BCUT2D eigenvalue weighted by atomic mass is 16.6.